The Kier molecular flexibility index (Phi) is 8.07. The summed E-state index contributed by atoms with van der Waals surface area (Å²) in [5, 5.41) is 0. The summed E-state index contributed by atoms with van der Waals surface area (Å²) < 4.78 is 0. The van der Waals surface area contributed by atoms with Crippen molar-refractivity contribution in [3.63, 3.8) is 0 Å². The maximum absolute atomic E-state index is 12.1. The average Bonchev–Trinajstić information content (AvgIpc) is 2.39. The van der Waals surface area contributed by atoms with E-state index < -0.39 is 0 Å². The summed E-state index contributed by atoms with van der Waals surface area (Å²) in [5.41, 5.74) is 5.92. The average molecular weight is 269 g/mol. The molecule has 1 aliphatic heterocycles. The van der Waals surface area contributed by atoms with Gasteiger partial charge in [0.05, 0.1) is 0 Å². The predicted molar refractivity (Wildman–Crippen MR) is 80.0 cm³/mol. The van der Waals surface area contributed by atoms with Gasteiger partial charge in [-0.1, -0.05) is 13.8 Å². The van der Waals surface area contributed by atoms with Crippen LogP contribution in [0.15, 0.2) is 0 Å². The number of likely N-dealkylation sites (tertiary alicyclic amines) is 1. The van der Waals surface area contributed by atoms with Crippen LogP contribution in [0.1, 0.15) is 52.4 Å². The van der Waals surface area contributed by atoms with Crippen molar-refractivity contribution in [3.05, 3.63) is 0 Å². The van der Waals surface area contributed by atoms with E-state index in [0.717, 1.165) is 52.0 Å². The molecule has 1 unspecified atom stereocenters. The molecule has 1 amide bonds. The molecule has 0 spiro atoms. The number of amides is 1. The molecular weight excluding hydrogens is 238 g/mol. The first kappa shape index (κ1) is 16.4. The van der Waals surface area contributed by atoms with Crippen molar-refractivity contribution in [2.75, 3.05) is 32.7 Å². The third kappa shape index (κ3) is 6.39. The van der Waals surface area contributed by atoms with Crippen LogP contribution in [0.5, 0.6) is 0 Å². The summed E-state index contributed by atoms with van der Waals surface area (Å²) in [6.07, 6.45) is 6.15. The monoisotopic (exact) mass is 269 g/mol. The van der Waals surface area contributed by atoms with Gasteiger partial charge >= 0.3 is 0 Å². The first-order valence-electron chi connectivity index (χ1n) is 7.93. The van der Waals surface area contributed by atoms with Crippen LogP contribution in [0.4, 0.5) is 0 Å². The van der Waals surface area contributed by atoms with Crippen molar-refractivity contribution in [2.45, 2.75) is 58.4 Å². The third-order valence-electron chi connectivity index (χ3n) is 3.76. The van der Waals surface area contributed by atoms with Crippen molar-refractivity contribution in [2.24, 2.45) is 5.73 Å². The zero-order valence-corrected chi connectivity index (χ0v) is 12.7. The smallest absolute Gasteiger partial charge is 0.222 e. The molecule has 2 N–H and O–H groups in total. The molecule has 0 aliphatic carbocycles. The lowest BCUT2D eigenvalue weighted by Gasteiger charge is -2.31. The second-order valence-corrected chi connectivity index (χ2v) is 5.69. The van der Waals surface area contributed by atoms with Crippen LogP contribution in [0.3, 0.4) is 0 Å². The molecule has 1 atom stereocenters. The Balaban J connectivity index is 2.21. The lowest BCUT2D eigenvalue weighted by Crippen LogP contribution is -2.45. The highest BCUT2D eigenvalue weighted by Crippen LogP contribution is 2.10. The molecule has 1 aliphatic rings. The Morgan fingerprint density at radius 1 is 1.26 bits per heavy atom. The summed E-state index contributed by atoms with van der Waals surface area (Å²) >= 11 is 0. The highest BCUT2D eigenvalue weighted by atomic mass is 16.2. The fraction of sp³-hybridized carbons (Fsp3) is 0.933. The van der Waals surface area contributed by atoms with E-state index in [1.54, 1.807) is 0 Å². The van der Waals surface area contributed by atoms with Gasteiger partial charge in [0.2, 0.25) is 5.91 Å². The summed E-state index contributed by atoms with van der Waals surface area (Å²) in [7, 11) is 0. The number of carbonyl (C=O) groups is 1. The minimum Gasteiger partial charge on any atom is -0.341 e. The SMILES string of the molecule is CCCN(CCC)CCCC(=O)N1CCCC(N)C1. The number of hydrogen-bond donors (Lipinski definition) is 1. The van der Waals surface area contributed by atoms with Gasteiger partial charge in [-0.3, -0.25) is 4.79 Å². The van der Waals surface area contributed by atoms with E-state index in [-0.39, 0.29) is 6.04 Å². The highest BCUT2D eigenvalue weighted by Gasteiger charge is 2.20. The van der Waals surface area contributed by atoms with Crippen LogP contribution in [0.25, 0.3) is 0 Å². The third-order valence-corrected chi connectivity index (χ3v) is 3.76. The molecule has 112 valence electrons. The quantitative estimate of drug-likeness (QED) is 0.731. The molecule has 0 bridgehead atoms. The van der Waals surface area contributed by atoms with Crippen LogP contribution in [-0.2, 0) is 4.79 Å². The minimum absolute atomic E-state index is 0.189. The second-order valence-electron chi connectivity index (χ2n) is 5.69. The topological polar surface area (TPSA) is 49.6 Å². The van der Waals surface area contributed by atoms with Crippen molar-refractivity contribution in [1.29, 1.82) is 0 Å². The van der Waals surface area contributed by atoms with Gasteiger partial charge in [0, 0.05) is 25.6 Å². The number of nitrogens with zero attached hydrogens (tertiary/aromatic N) is 2. The fourth-order valence-electron chi connectivity index (χ4n) is 2.82. The predicted octanol–water partition coefficient (Wildman–Crippen LogP) is 1.84. The maximum atomic E-state index is 12.1. The first-order valence-corrected chi connectivity index (χ1v) is 7.93. The Morgan fingerprint density at radius 2 is 1.95 bits per heavy atom. The van der Waals surface area contributed by atoms with Gasteiger partial charge < -0.3 is 15.5 Å². The molecule has 0 aromatic heterocycles. The molecule has 1 rings (SSSR count). The molecule has 19 heavy (non-hydrogen) atoms. The first-order chi connectivity index (χ1) is 9.17. The minimum atomic E-state index is 0.189. The maximum Gasteiger partial charge on any atom is 0.222 e. The Morgan fingerprint density at radius 3 is 2.53 bits per heavy atom. The van der Waals surface area contributed by atoms with Crippen molar-refractivity contribution >= 4 is 5.91 Å². The van der Waals surface area contributed by atoms with Crippen LogP contribution in [0, 0.1) is 0 Å². The molecule has 0 aromatic rings. The van der Waals surface area contributed by atoms with E-state index in [1.165, 1.54) is 12.8 Å². The Bertz CT molecular complexity index is 252. The van der Waals surface area contributed by atoms with Gasteiger partial charge in [-0.15, -0.1) is 0 Å². The van der Waals surface area contributed by atoms with E-state index in [0.29, 0.717) is 12.3 Å². The number of piperidine rings is 1. The second kappa shape index (κ2) is 9.32. The molecule has 4 nitrogen and oxygen atoms in total. The van der Waals surface area contributed by atoms with Crippen molar-refractivity contribution < 1.29 is 4.79 Å². The molecule has 4 heteroatoms. The molecule has 0 aromatic carbocycles. The standard InChI is InChI=1S/C15H31N3O/c1-3-9-17(10-4-2)11-6-8-15(19)18-12-5-7-14(16)13-18/h14H,3-13,16H2,1-2H3. The van der Waals surface area contributed by atoms with Gasteiger partial charge in [-0.25, -0.2) is 0 Å². The number of rotatable bonds is 8. The number of hydrogen-bond acceptors (Lipinski definition) is 3. The van der Waals surface area contributed by atoms with Crippen LogP contribution >= 0.6 is 0 Å². The largest absolute Gasteiger partial charge is 0.341 e. The van der Waals surface area contributed by atoms with Gasteiger partial charge in [-0.2, -0.15) is 0 Å². The van der Waals surface area contributed by atoms with E-state index in [9.17, 15) is 4.79 Å². The molecule has 1 fully saturated rings. The van der Waals surface area contributed by atoms with Gasteiger partial charge in [0.25, 0.3) is 0 Å². The molecule has 1 saturated heterocycles. The number of carbonyl (C=O) groups excluding carboxylic acids is 1. The van der Waals surface area contributed by atoms with Crippen LogP contribution < -0.4 is 5.73 Å². The highest BCUT2D eigenvalue weighted by molar-refractivity contribution is 5.76. The normalized spacial score (nSPS) is 20.0. The van der Waals surface area contributed by atoms with Gasteiger partial charge in [-0.05, 0) is 51.7 Å². The Hall–Kier alpha value is -0.610. The summed E-state index contributed by atoms with van der Waals surface area (Å²) in [5.74, 6) is 0.295. The van der Waals surface area contributed by atoms with E-state index in [2.05, 4.69) is 18.7 Å². The molecular formula is C15H31N3O. The van der Waals surface area contributed by atoms with E-state index >= 15 is 0 Å². The molecule has 0 radical (unpaired) electrons. The van der Waals surface area contributed by atoms with Gasteiger partial charge in [0.15, 0.2) is 0 Å². The molecule has 1 heterocycles. The summed E-state index contributed by atoms with van der Waals surface area (Å²) in [4.78, 5) is 16.5. The van der Waals surface area contributed by atoms with Crippen molar-refractivity contribution in [1.82, 2.24) is 9.80 Å². The lowest BCUT2D eigenvalue weighted by molar-refractivity contribution is -0.132. The van der Waals surface area contributed by atoms with E-state index in [4.69, 9.17) is 5.73 Å². The zero-order valence-electron chi connectivity index (χ0n) is 12.7. The summed E-state index contributed by atoms with van der Waals surface area (Å²) in [6, 6.07) is 0.189. The fourth-order valence-corrected chi connectivity index (χ4v) is 2.82. The lowest BCUT2D eigenvalue weighted by atomic mass is 10.1. The Labute approximate surface area is 118 Å². The van der Waals surface area contributed by atoms with Crippen LogP contribution in [0.2, 0.25) is 0 Å². The molecule has 0 saturated carbocycles. The summed E-state index contributed by atoms with van der Waals surface area (Å²) in [6.45, 7) is 9.43. The van der Waals surface area contributed by atoms with Gasteiger partial charge in [0.1, 0.15) is 0 Å². The van der Waals surface area contributed by atoms with Crippen LogP contribution in [-0.4, -0.2) is 54.5 Å². The van der Waals surface area contributed by atoms with E-state index in [1.807, 2.05) is 4.90 Å². The zero-order chi connectivity index (χ0) is 14.1. The number of nitrogens with two attached hydrogens (primary N) is 1. The van der Waals surface area contributed by atoms with Crippen molar-refractivity contribution in [3.8, 4) is 0 Å².